The predicted molar refractivity (Wildman–Crippen MR) is 60.3 cm³/mol. The average Bonchev–Trinajstić information content (AvgIpc) is 2.46. The van der Waals surface area contributed by atoms with Crippen LogP contribution < -0.4 is 4.74 Å². The van der Waals surface area contributed by atoms with E-state index in [0.717, 1.165) is 21.1 Å². The first-order chi connectivity index (χ1) is 6.16. The maximum absolute atomic E-state index is 5.66. The third kappa shape index (κ3) is 1.81. The summed E-state index contributed by atoms with van der Waals surface area (Å²) in [5.74, 6) is 0.966. The second kappa shape index (κ2) is 3.46. The number of ether oxygens (including phenoxy) is 1. The van der Waals surface area contributed by atoms with E-state index in [1.807, 2.05) is 12.1 Å². The summed E-state index contributed by atoms with van der Waals surface area (Å²) in [5.41, 5.74) is 1.24. The van der Waals surface area contributed by atoms with Gasteiger partial charge in [-0.15, -0.1) is 0 Å². The molecule has 0 amide bonds. The number of fused-ring (bicyclic) bond motifs is 1. The van der Waals surface area contributed by atoms with E-state index < -0.39 is 0 Å². The summed E-state index contributed by atoms with van der Waals surface area (Å²) in [6, 6.07) is 6.05. The average molecular weight is 304 g/mol. The van der Waals surface area contributed by atoms with Crippen molar-refractivity contribution in [2.45, 2.75) is 12.5 Å². The number of hydrogen-bond acceptors (Lipinski definition) is 1. The molecule has 1 nitrogen and oxygen atoms in total. The van der Waals surface area contributed by atoms with Crippen molar-refractivity contribution in [1.29, 1.82) is 0 Å². The van der Waals surface area contributed by atoms with Gasteiger partial charge in [0.05, 0.1) is 0 Å². The Morgan fingerprint density at radius 3 is 3.00 bits per heavy atom. The summed E-state index contributed by atoms with van der Waals surface area (Å²) < 4.78 is 7.65. The van der Waals surface area contributed by atoms with Gasteiger partial charge in [-0.2, -0.15) is 0 Å². The highest BCUT2D eigenvalue weighted by Gasteiger charge is 2.23. The van der Waals surface area contributed by atoms with E-state index in [9.17, 15) is 0 Å². The molecular weight excluding hydrogens is 296 g/mol. The Morgan fingerprint density at radius 1 is 1.54 bits per heavy atom. The zero-order valence-corrected chi connectivity index (χ0v) is 10.1. The van der Waals surface area contributed by atoms with Gasteiger partial charge in [-0.25, -0.2) is 0 Å². The first kappa shape index (κ1) is 9.28. The minimum atomic E-state index is 0.0873. The van der Waals surface area contributed by atoms with E-state index in [1.54, 1.807) is 0 Å². The molecule has 0 saturated carbocycles. The molecule has 0 fully saturated rings. The molecule has 0 saturated heterocycles. The van der Waals surface area contributed by atoms with Crippen molar-refractivity contribution < 1.29 is 4.74 Å². The summed E-state index contributed by atoms with van der Waals surface area (Å²) in [6.45, 7) is 3.82. The van der Waals surface area contributed by atoms with Crippen LogP contribution in [0.2, 0.25) is 0 Å². The smallest absolute Gasteiger partial charge is 0.134 e. The predicted octanol–water partition coefficient (Wildman–Crippen LogP) is 3.66. The molecule has 1 aromatic carbocycles. The summed E-state index contributed by atoms with van der Waals surface area (Å²) in [6.07, 6.45) is 0.989. The Labute approximate surface area is 94.0 Å². The van der Waals surface area contributed by atoms with E-state index in [4.69, 9.17) is 4.74 Å². The van der Waals surface area contributed by atoms with Crippen molar-refractivity contribution in [1.82, 2.24) is 0 Å². The van der Waals surface area contributed by atoms with Crippen molar-refractivity contribution in [2.75, 3.05) is 0 Å². The number of benzene rings is 1. The van der Waals surface area contributed by atoms with Gasteiger partial charge in [0, 0.05) is 15.4 Å². The van der Waals surface area contributed by atoms with Gasteiger partial charge in [0.25, 0.3) is 0 Å². The van der Waals surface area contributed by atoms with Crippen LogP contribution in [-0.2, 0) is 6.42 Å². The molecule has 1 aliphatic rings. The molecule has 68 valence electrons. The van der Waals surface area contributed by atoms with Crippen LogP contribution >= 0.6 is 31.9 Å². The zero-order valence-electron chi connectivity index (χ0n) is 6.89. The molecule has 0 aliphatic carbocycles. The Kier molecular flexibility index (Phi) is 2.47. The highest BCUT2D eigenvalue weighted by Crippen LogP contribution is 2.34. The van der Waals surface area contributed by atoms with Crippen LogP contribution in [0.15, 0.2) is 33.7 Å². The largest absolute Gasteiger partial charge is 0.485 e. The van der Waals surface area contributed by atoms with Crippen molar-refractivity contribution in [3.63, 3.8) is 0 Å². The lowest BCUT2D eigenvalue weighted by Crippen LogP contribution is -2.11. The summed E-state index contributed by atoms with van der Waals surface area (Å²) >= 11 is 6.78. The molecule has 1 aromatic rings. The second-order valence-electron chi connectivity index (χ2n) is 3.01. The highest BCUT2D eigenvalue weighted by molar-refractivity contribution is 9.11. The third-order valence-corrected chi connectivity index (χ3v) is 3.05. The third-order valence-electron chi connectivity index (χ3n) is 2.05. The van der Waals surface area contributed by atoms with Gasteiger partial charge < -0.3 is 4.74 Å². The Hall–Kier alpha value is -0.280. The van der Waals surface area contributed by atoms with Gasteiger partial charge in [-0.05, 0) is 23.8 Å². The van der Waals surface area contributed by atoms with Gasteiger partial charge >= 0.3 is 0 Å². The van der Waals surface area contributed by atoms with Gasteiger partial charge in [0.15, 0.2) is 0 Å². The molecule has 3 heteroatoms. The molecule has 1 heterocycles. The monoisotopic (exact) mass is 302 g/mol. The Balaban J connectivity index is 2.30. The highest BCUT2D eigenvalue weighted by atomic mass is 79.9. The molecular formula is C10H8Br2O. The quantitative estimate of drug-likeness (QED) is 0.769. The lowest BCUT2D eigenvalue weighted by atomic mass is 10.1. The van der Waals surface area contributed by atoms with Crippen molar-refractivity contribution >= 4 is 31.9 Å². The fourth-order valence-corrected chi connectivity index (χ4v) is 2.06. The Bertz CT molecular complexity index is 360. The van der Waals surface area contributed by atoms with Crippen LogP contribution in [0.3, 0.4) is 0 Å². The minimum absolute atomic E-state index is 0.0873. The number of halogens is 2. The summed E-state index contributed by atoms with van der Waals surface area (Å²) in [5, 5.41) is 0. The zero-order chi connectivity index (χ0) is 9.42. The summed E-state index contributed by atoms with van der Waals surface area (Å²) in [4.78, 5) is 0. The van der Waals surface area contributed by atoms with Gasteiger partial charge in [0.2, 0.25) is 0 Å². The van der Waals surface area contributed by atoms with Crippen LogP contribution in [0.4, 0.5) is 0 Å². The fraction of sp³-hybridized carbons (Fsp3) is 0.200. The molecule has 0 spiro atoms. The topological polar surface area (TPSA) is 9.23 Å². The summed E-state index contributed by atoms with van der Waals surface area (Å²) in [7, 11) is 0. The first-order valence-corrected chi connectivity index (χ1v) is 5.55. The molecule has 0 aromatic heterocycles. The van der Waals surface area contributed by atoms with Gasteiger partial charge in [-0.1, -0.05) is 38.4 Å². The van der Waals surface area contributed by atoms with Crippen LogP contribution in [0, 0.1) is 0 Å². The van der Waals surface area contributed by atoms with Crippen LogP contribution in [-0.4, -0.2) is 6.10 Å². The maximum atomic E-state index is 5.66. The molecule has 1 atom stereocenters. The normalized spacial score (nSPS) is 19.4. The van der Waals surface area contributed by atoms with Crippen molar-refractivity contribution in [3.8, 4) is 5.75 Å². The fourth-order valence-electron chi connectivity index (χ4n) is 1.39. The van der Waals surface area contributed by atoms with E-state index in [-0.39, 0.29) is 6.10 Å². The maximum Gasteiger partial charge on any atom is 0.134 e. The molecule has 0 N–H and O–H groups in total. The van der Waals surface area contributed by atoms with Crippen molar-refractivity contribution in [3.05, 3.63) is 39.3 Å². The molecule has 2 rings (SSSR count). The molecule has 0 bridgehead atoms. The van der Waals surface area contributed by atoms with Gasteiger partial charge in [0.1, 0.15) is 11.9 Å². The van der Waals surface area contributed by atoms with Crippen molar-refractivity contribution in [2.24, 2.45) is 0 Å². The molecule has 13 heavy (non-hydrogen) atoms. The van der Waals surface area contributed by atoms with Gasteiger partial charge in [-0.3, -0.25) is 0 Å². The minimum Gasteiger partial charge on any atom is -0.485 e. The van der Waals surface area contributed by atoms with E-state index in [0.29, 0.717) is 0 Å². The first-order valence-electron chi connectivity index (χ1n) is 3.96. The Morgan fingerprint density at radius 2 is 2.31 bits per heavy atom. The standard InChI is InChI=1S/C10H8Br2O/c1-6(11)10-5-7-4-8(12)2-3-9(7)13-10/h2-4,10H,1,5H2. The van der Waals surface area contributed by atoms with Crippen LogP contribution in [0.25, 0.3) is 0 Å². The van der Waals surface area contributed by atoms with E-state index in [1.165, 1.54) is 5.56 Å². The SMILES string of the molecule is C=C(Br)C1Cc2cc(Br)ccc2O1. The number of rotatable bonds is 1. The lowest BCUT2D eigenvalue weighted by Gasteiger charge is -2.07. The lowest BCUT2D eigenvalue weighted by molar-refractivity contribution is 0.281. The second-order valence-corrected chi connectivity index (χ2v) is 4.94. The van der Waals surface area contributed by atoms with Crippen LogP contribution in [0.1, 0.15) is 5.56 Å². The van der Waals surface area contributed by atoms with Crippen LogP contribution in [0.5, 0.6) is 5.75 Å². The van der Waals surface area contributed by atoms with E-state index in [2.05, 4.69) is 44.5 Å². The number of hydrogen-bond donors (Lipinski definition) is 0. The molecule has 1 unspecified atom stereocenters. The molecule has 1 aliphatic heterocycles. The molecule has 0 radical (unpaired) electrons. The van der Waals surface area contributed by atoms with E-state index >= 15 is 0 Å².